The average molecular weight is 631 g/mol. The quantitative estimate of drug-likeness (QED) is 0.156. The van der Waals surface area contributed by atoms with Gasteiger partial charge in [0.05, 0.1) is 22.8 Å². The Bertz CT molecular complexity index is 1620. The van der Waals surface area contributed by atoms with Gasteiger partial charge in [0.1, 0.15) is 0 Å². The predicted molar refractivity (Wildman–Crippen MR) is 190 cm³/mol. The second kappa shape index (κ2) is 12.1. The first kappa shape index (κ1) is 35.5. The first-order valence-corrected chi connectivity index (χ1v) is 15.4. The van der Waals surface area contributed by atoms with Crippen molar-refractivity contribution in [2.45, 2.75) is 105 Å². The Hall–Kier alpha value is -3.03. The topological polar surface area (TPSA) is 24.7 Å². The van der Waals surface area contributed by atoms with E-state index in [0.29, 0.717) is 0 Å². The van der Waals surface area contributed by atoms with Gasteiger partial charge in [0, 0.05) is 16.5 Å². The number of hydrogen-bond acceptors (Lipinski definition) is 2. The van der Waals surface area contributed by atoms with Crippen LogP contribution in [0.2, 0.25) is 0 Å². The van der Waals surface area contributed by atoms with E-state index in [-0.39, 0.29) is 45.6 Å². The molecule has 44 heavy (non-hydrogen) atoms. The molecule has 0 aromatic heterocycles. The van der Waals surface area contributed by atoms with Crippen LogP contribution in [0.5, 0.6) is 0 Å². The molecule has 0 aliphatic heterocycles. The molecule has 2 nitrogen and oxygen atoms in total. The second-order valence-electron chi connectivity index (χ2n) is 16.1. The average Bonchev–Trinajstić information content (AvgIpc) is 3.15. The molecule has 234 valence electrons. The van der Waals surface area contributed by atoms with Crippen LogP contribution in [0.4, 0.5) is 11.4 Å². The maximum absolute atomic E-state index is 5.56. The molecule has 0 fully saturated rings. The zero-order chi connectivity index (χ0) is 30.8. The minimum atomic E-state index is -0.0506. The van der Waals surface area contributed by atoms with Crippen LogP contribution in [-0.2, 0) is 38.2 Å². The van der Waals surface area contributed by atoms with Gasteiger partial charge in [-0.05, 0) is 61.4 Å². The molecule has 0 atom stereocenters. The van der Waals surface area contributed by atoms with Crippen LogP contribution in [0.1, 0.15) is 116 Å². The van der Waals surface area contributed by atoms with Crippen molar-refractivity contribution in [2.24, 2.45) is 9.98 Å². The molecule has 0 bridgehead atoms. The van der Waals surface area contributed by atoms with E-state index in [9.17, 15) is 0 Å². The smallest absolute Gasteiger partial charge is 0.358 e. The van der Waals surface area contributed by atoms with E-state index in [4.69, 9.17) is 9.98 Å². The summed E-state index contributed by atoms with van der Waals surface area (Å²) in [6.07, 6.45) is 0. The Morgan fingerprint density at radius 2 is 0.818 bits per heavy atom. The van der Waals surface area contributed by atoms with Crippen molar-refractivity contribution in [3.8, 4) is 0 Å². The molecule has 3 heteroatoms. The fraction of sp³-hybridized carbons (Fsp3) is 0.390. The van der Waals surface area contributed by atoms with Gasteiger partial charge in [0.25, 0.3) is 0 Å². The van der Waals surface area contributed by atoms with Crippen molar-refractivity contribution in [1.82, 2.24) is 0 Å². The number of hydrogen-bond donors (Lipinski definition) is 0. The van der Waals surface area contributed by atoms with Crippen LogP contribution in [0.25, 0.3) is 10.8 Å². The van der Waals surface area contributed by atoms with E-state index in [2.05, 4.69) is 156 Å². The standard InChI is InChI=1S/C40H48N2.CH3.Ni/c1-37(2,3)26-19-21-30(39(7,8)9)32(23-26)41-35-28-17-13-15-25-16-14-18-29(34(25)28)36(35)42-33-24-27(38(4,5)6)20-22-31(33)40(10,11)12;;/h13-24H,1-12H3;1H3;/q;-1;+2. The van der Waals surface area contributed by atoms with Crippen LogP contribution in [0, 0.1) is 7.43 Å². The van der Waals surface area contributed by atoms with Crippen molar-refractivity contribution in [3.63, 3.8) is 0 Å². The first-order chi connectivity index (χ1) is 19.4. The van der Waals surface area contributed by atoms with Crippen molar-refractivity contribution in [3.05, 3.63) is 114 Å². The molecule has 0 spiro atoms. The third-order valence-corrected chi connectivity index (χ3v) is 8.45. The molecule has 0 radical (unpaired) electrons. The van der Waals surface area contributed by atoms with E-state index >= 15 is 0 Å². The predicted octanol–water partition coefficient (Wildman–Crippen LogP) is 11.7. The first-order valence-electron chi connectivity index (χ1n) is 15.4. The van der Waals surface area contributed by atoms with Crippen LogP contribution in [-0.4, -0.2) is 11.4 Å². The van der Waals surface area contributed by atoms with Crippen LogP contribution in [0.3, 0.4) is 0 Å². The monoisotopic (exact) mass is 629 g/mol. The molecule has 0 amide bonds. The number of benzene rings is 4. The van der Waals surface area contributed by atoms with Crippen molar-refractivity contribution >= 4 is 33.6 Å². The zero-order valence-electron chi connectivity index (χ0n) is 29.1. The molecular formula is C41H51N2Ni+. The maximum atomic E-state index is 5.56. The Morgan fingerprint density at radius 3 is 1.14 bits per heavy atom. The van der Waals surface area contributed by atoms with Crippen LogP contribution < -0.4 is 0 Å². The molecule has 1 aliphatic carbocycles. The summed E-state index contributed by atoms with van der Waals surface area (Å²) in [4.78, 5) is 11.1. The minimum absolute atomic E-state index is 0. The molecule has 1 aliphatic rings. The van der Waals surface area contributed by atoms with E-state index in [0.717, 1.165) is 33.9 Å². The second-order valence-corrected chi connectivity index (χ2v) is 16.1. The molecular weight excluding hydrogens is 579 g/mol. The third-order valence-electron chi connectivity index (χ3n) is 8.45. The van der Waals surface area contributed by atoms with E-state index in [1.165, 1.54) is 33.0 Å². The number of nitrogens with zero attached hydrogens (tertiary/aromatic N) is 2. The molecule has 0 saturated carbocycles. The Morgan fingerprint density at radius 1 is 0.455 bits per heavy atom. The van der Waals surface area contributed by atoms with E-state index in [1.54, 1.807) is 0 Å². The molecule has 0 N–H and O–H groups in total. The normalized spacial score (nSPS) is 15.5. The summed E-state index contributed by atoms with van der Waals surface area (Å²) in [5.74, 6) is 0. The summed E-state index contributed by atoms with van der Waals surface area (Å²) >= 11 is 0. The van der Waals surface area contributed by atoms with Gasteiger partial charge in [-0.25, -0.2) is 9.98 Å². The molecule has 4 aromatic carbocycles. The summed E-state index contributed by atoms with van der Waals surface area (Å²) in [6, 6.07) is 26.8. The summed E-state index contributed by atoms with van der Waals surface area (Å²) in [5.41, 5.74) is 11.3. The van der Waals surface area contributed by atoms with E-state index < -0.39 is 0 Å². The molecule has 0 saturated heterocycles. The van der Waals surface area contributed by atoms with Gasteiger partial charge < -0.3 is 7.43 Å². The summed E-state index contributed by atoms with van der Waals surface area (Å²) < 4.78 is 0. The summed E-state index contributed by atoms with van der Waals surface area (Å²) in [6.45, 7) is 27.3. The van der Waals surface area contributed by atoms with Crippen LogP contribution in [0.15, 0.2) is 82.8 Å². The molecule has 5 rings (SSSR count). The van der Waals surface area contributed by atoms with Gasteiger partial charge in [-0.1, -0.05) is 144 Å². The van der Waals surface area contributed by atoms with Crippen molar-refractivity contribution in [1.29, 1.82) is 0 Å². The SMILES string of the molecule is CC(C)(C)c1ccc(C(C)(C)C)c(N=C2C(=Nc3cc(C(C)(C)C)ccc3C(C)(C)C)c3cccc4cccc2c34)c1.[CH3-].[Ni+2]. The fourth-order valence-electron chi connectivity index (χ4n) is 5.91. The largest absolute Gasteiger partial charge is 2.00 e. The Kier molecular flexibility index (Phi) is 9.71. The summed E-state index contributed by atoms with van der Waals surface area (Å²) in [7, 11) is 0. The number of aliphatic imine (C=N–C) groups is 2. The van der Waals surface area contributed by atoms with Crippen LogP contribution >= 0.6 is 0 Å². The Labute approximate surface area is 277 Å². The van der Waals surface area contributed by atoms with Gasteiger partial charge in [-0.3, -0.25) is 0 Å². The van der Waals surface area contributed by atoms with Crippen molar-refractivity contribution in [2.75, 3.05) is 0 Å². The fourth-order valence-corrected chi connectivity index (χ4v) is 5.91. The molecule has 0 unspecified atom stereocenters. The van der Waals surface area contributed by atoms with Gasteiger partial charge in [-0.15, -0.1) is 0 Å². The van der Waals surface area contributed by atoms with Gasteiger partial charge in [-0.2, -0.15) is 0 Å². The molecule has 4 aromatic rings. The van der Waals surface area contributed by atoms with Gasteiger partial charge in [0.15, 0.2) is 0 Å². The summed E-state index contributed by atoms with van der Waals surface area (Å²) in [5, 5.41) is 2.47. The van der Waals surface area contributed by atoms with Gasteiger partial charge in [0.2, 0.25) is 0 Å². The third kappa shape index (κ3) is 6.79. The minimum Gasteiger partial charge on any atom is -0.358 e. The zero-order valence-corrected chi connectivity index (χ0v) is 30.1. The van der Waals surface area contributed by atoms with Gasteiger partial charge >= 0.3 is 16.5 Å². The molecule has 0 heterocycles. The maximum Gasteiger partial charge on any atom is 2.00 e. The Balaban J connectivity index is 0.00000264. The van der Waals surface area contributed by atoms with E-state index in [1.807, 2.05) is 0 Å². The number of rotatable bonds is 2. The van der Waals surface area contributed by atoms with Crippen molar-refractivity contribution < 1.29 is 16.5 Å².